The summed E-state index contributed by atoms with van der Waals surface area (Å²) < 4.78 is 11.4. The molecule has 4 bridgehead atoms. The molecule has 1 atom stereocenters. The van der Waals surface area contributed by atoms with Crippen LogP contribution >= 0.6 is 0 Å². The third-order valence-electron chi connectivity index (χ3n) is 6.01. The number of ether oxygens (including phenoxy) is 2. The first-order valence-electron chi connectivity index (χ1n) is 8.24. The molecule has 1 N–H and O–H groups in total. The van der Waals surface area contributed by atoms with Gasteiger partial charge in [-0.05, 0) is 70.1 Å². The first-order valence-corrected chi connectivity index (χ1v) is 8.24. The van der Waals surface area contributed by atoms with Crippen molar-refractivity contribution in [2.45, 2.75) is 64.1 Å². The van der Waals surface area contributed by atoms with Gasteiger partial charge in [0.1, 0.15) is 18.3 Å². The molecule has 1 unspecified atom stereocenters. The number of esters is 1. The highest BCUT2D eigenvalue weighted by Crippen LogP contribution is 2.63. The van der Waals surface area contributed by atoms with Crippen LogP contribution in [0.1, 0.15) is 52.4 Å². The van der Waals surface area contributed by atoms with Crippen molar-refractivity contribution >= 4 is 5.97 Å². The fourth-order valence-corrected chi connectivity index (χ4v) is 6.15. The maximum Gasteiger partial charge on any atom is 0.332 e. The summed E-state index contributed by atoms with van der Waals surface area (Å²) in [6.45, 7) is 3.28. The summed E-state index contributed by atoms with van der Waals surface area (Å²) in [6.07, 6.45) is 7.67. The third-order valence-corrected chi connectivity index (χ3v) is 6.01. The van der Waals surface area contributed by atoms with Crippen molar-refractivity contribution in [3.63, 3.8) is 0 Å². The number of hydrogen-bond acceptors (Lipinski definition) is 4. The molecule has 4 aliphatic carbocycles. The van der Waals surface area contributed by atoms with Crippen LogP contribution in [0.5, 0.6) is 0 Å². The minimum Gasteiger partial charge on any atom is -0.455 e. The quantitative estimate of drug-likeness (QED) is 0.792. The summed E-state index contributed by atoms with van der Waals surface area (Å²) in [7, 11) is 1.73. The molecule has 0 amide bonds. The van der Waals surface area contributed by atoms with E-state index < -0.39 is 18.2 Å². The number of methoxy groups -OCH3 is 1. The van der Waals surface area contributed by atoms with Crippen molar-refractivity contribution in [1.82, 2.24) is 0 Å². The molecule has 0 aromatic heterocycles. The molecule has 0 radical (unpaired) electrons. The lowest BCUT2D eigenvalue weighted by molar-refractivity contribution is -0.211. The van der Waals surface area contributed by atoms with Gasteiger partial charge in [0.25, 0.3) is 0 Å². The highest BCUT2D eigenvalue weighted by Gasteiger charge is 2.58. The van der Waals surface area contributed by atoms with E-state index in [1.807, 2.05) is 13.8 Å². The second-order valence-corrected chi connectivity index (χ2v) is 8.13. The van der Waals surface area contributed by atoms with Crippen LogP contribution in [-0.2, 0) is 14.3 Å². The van der Waals surface area contributed by atoms with Gasteiger partial charge in [-0.25, -0.2) is 4.79 Å². The largest absolute Gasteiger partial charge is 0.455 e. The Kier molecular flexibility index (Phi) is 3.81. The lowest BCUT2D eigenvalue weighted by Crippen LogP contribution is -2.59. The van der Waals surface area contributed by atoms with Gasteiger partial charge in [0, 0.05) is 12.5 Å². The maximum atomic E-state index is 11.5. The van der Waals surface area contributed by atoms with Gasteiger partial charge in [0.15, 0.2) is 0 Å². The Morgan fingerprint density at radius 3 is 2.05 bits per heavy atom. The SMILES string of the molecule is COC(C12CC3CC(CC(C3)C1)C2)C(C)(C)OC(=O)CO. The van der Waals surface area contributed by atoms with Gasteiger partial charge in [0.05, 0.1) is 0 Å². The van der Waals surface area contributed by atoms with E-state index in [1.54, 1.807) is 7.11 Å². The van der Waals surface area contributed by atoms with E-state index in [2.05, 4.69) is 0 Å². The van der Waals surface area contributed by atoms with Gasteiger partial charge in [-0.15, -0.1) is 0 Å². The van der Waals surface area contributed by atoms with Crippen molar-refractivity contribution in [1.29, 1.82) is 0 Å². The van der Waals surface area contributed by atoms with Crippen LogP contribution in [0.25, 0.3) is 0 Å². The molecule has 0 spiro atoms. The maximum absolute atomic E-state index is 11.5. The Hall–Kier alpha value is -0.610. The lowest BCUT2D eigenvalue weighted by atomic mass is 9.47. The van der Waals surface area contributed by atoms with Crippen molar-refractivity contribution in [2.75, 3.05) is 13.7 Å². The number of hydrogen-bond donors (Lipinski definition) is 1. The summed E-state index contributed by atoms with van der Waals surface area (Å²) in [5, 5.41) is 8.97. The molecule has 0 aromatic carbocycles. The first kappa shape index (κ1) is 15.3. The highest BCUT2D eigenvalue weighted by molar-refractivity contribution is 5.70. The van der Waals surface area contributed by atoms with Crippen molar-refractivity contribution in [3.05, 3.63) is 0 Å². The molecular formula is C17H28O4. The molecule has 0 saturated heterocycles. The van der Waals surface area contributed by atoms with E-state index in [4.69, 9.17) is 14.6 Å². The minimum atomic E-state index is -0.694. The summed E-state index contributed by atoms with van der Waals surface area (Å²) in [4.78, 5) is 11.5. The second kappa shape index (κ2) is 5.24. The van der Waals surface area contributed by atoms with E-state index in [0.29, 0.717) is 0 Å². The van der Waals surface area contributed by atoms with E-state index in [-0.39, 0.29) is 11.5 Å². The van der Waals surface area contributed by atoms with Crippen LogP contribution in [0.4, 0.5) is 0 Å². The summed E-state index contributed by atoms with van der Waals surface area (Å²) in [6, 6.07) is 0. The molecule has 4 rings (SSSR count). The first-order chi connectivity index (χ1) is 9.88. The Balaban J connectivity index is 1.84. The molecule has 21 heavy (non-hydrogen) atoms. The van der Waals surface area contributed by atoms with Crippen LogP contribution in [0.3, 0.4) is 0 Å². The molecule has 4 fully saturated rings. The molecule has 0 heterocycles. The van der Waals surface area contributed by atoms with E-state index in [1.165, 1.54) is 38.5 Å². The van der Waals surface area contributed by atoms with E-state index in [0.717, 1.165) is 17.8 Å². The smallest absolute Gasteiger partial charge is 0.332 e. The minimum absolute atomic E-state index is 0.0890. The fraction of sp³-hybridized carbons (Fsp3) is 0.941. The van der Waals surface area contributed by atoms with Crippen molar-refractivity contribution in [2.24, 2.45) is 23.2 Å². The van der Waals surface area contributed by atoms with Crippen LogP contribution in [0, 0.1) is 23.2 Å². The van der Waals surface area contributed by atoms with Gasteiger partial charge in [-0.2, -0.15) is 0 Å². The predicted octanol–water partition coefficient (Wildman–Crippen LogP) is 2.53. The Bertz CT molecular complexity index is 380. The van der Waals surface area contributed by atoms with E-state index in [9.17, 15) is 4.79 Å². The molecular weight excluding hydrogens is 268 g/mol. The zero-order valence-corrected chi connectivity index (χ0v) is 13.4. The Morgan fingerprint density at radius 1 is 1.19 bits per heavy atom. The van der Waals surface area contributed by atoms with Gasteiger partial charge < -0.3 is 14.6 Å². The standard InChI is InChI=1S/C17H28O4/c1-16(2,21-14(19)10-18)15(20-3)17-7-11-4-12(8-17)6-13(5-11)9-17/h11-13,15,18H,4-10H2,1-3H3. The molecule has 0 aliphatic heterocycles. The lowest BCUT2D eigenvalue weighted by Gasteiger charge is -2.60. The molecule has 120 valence electrons. The molecule has 4 heteroatoms. The highest BCUT2D eigenvalue weighted by atomic mass is 16.6. The molecule has 4 aliphatic rings. The average molecular weight is 296 g/mol. The summed E-state index contributed by atoms with van der Waals surface area (Å²) in [5.41, 5.74) is -0.539. The number of aliphatic hydroxyl groups is 1. The van der Waals surface area contributed by atoms with Crippen molar-refractivity contribution in [3.8, 4) is 0 Å². The Morgan fingerprint density at radius 2 is 1.67 bits per heavy atom. The zero-order valence-electron chi connectivity index (χ0n) is 13.4. The zero-order chi connectivity index (χ0) is 15.3. The summed E-state index contributed by atoms with van der Waals surface area (Å²) in [5.74, 6) is 1.93. The number of carbonyl (C=O) groups excluding carboxylic acids is 1. The van der Waals surface area contributed by atoms with Gasteiger partial charge in [0.2, 0.25) is 0 Å². The monoisotopic (exact) mass is 296 g/mol. The molecule has 4 nitrogen and oxygen atoms in total. The topological polar surface area (TPSA) is 55.8 Å². The normalized spacial score (nSPS) is 39.3. The average Bonchev–Trinajstić information content (AvgIpc) is 2.36. The predicted molar refractivity (Wildman–Crippen MR) is 78.7 cm³/mol. The van der Waals surface area contributed by atoms with Crippen LogP contribution in [0.2, 0.25) is 0 Å². The number of rotatable bonds is 5. The molecule has 4 saturated carbocycles. The Labute approximate surface area is 127 Å². The number of carbonyl (C=O) groups is 1. The third kappa shape index (κ3) is 2.61. The van der Waals surface area contributed by atoms with Gasteiger partial charge >= 0.3 is 5.97 Å². The van der Waals surface area contributed by atoms with Crippen LogP contribution < -0.4 is 0 Å². The fourth-order valence-electron chi connectivity index (χ4n) is 6.15. The second-order valence-electron chi connectivity index (χ2n) is 8.13. The number of aliphatic hydroxyl groups excluding tert-OH is 1. The van der Waals surface area contributed by atoms with E-state index >= 15 is 0 Å². The molecule has 0 aromatic rings. The van der Waals surface area contributed by atoms with Crippen LogP contribution in [-0.4, -0.2) is 36.5 Å². The summed E-state index contributed by atoms with van der Waals surface area (Å²) >= 11 is 0. The van der Waals surface area contributed by atoms with Gasteiger partial charge in [-0.3, -0.25) is 0 Å². The van der Waals surface area contributed by atoms with Crippen LogP contribution in [0.15, 0.2) is 0 Å². The van der Waals surface area contributed by atoms with Gasteiger partial charge in [-0.1, -0.05) is 0 Å². The van der Waals surface area contributed by atoms with Crippen molar-refractivity contribution < 1.29 is 19.4 Å².